The second-order valence-electron chi connectivity index (χ2n) is 7.22. The van der Waals surface area contributed by atoms with E-state index in [4.69, 9.17) is 0 Å². The first-order chi connectivity index (χ1) is 14.5. The number of rotatable bonds is 6. The molecule has 1 aromatic heterocycles. The molecular weight excluding hydrogens is 380 g/mol. The molecule has 0 unspecified atom stereocenters. The van der Waals surface area contributed by atoms with E-state index in [0.29, 0.717) is 30.9 Å². The van der Waals surface area contributed by atoms with Gasteiger partial charge in [0.05, 0.1) is 12.2 Å². The van der Waals surface area contributed by atoms with Crippen molar-refractivity contribution in [3.63, 3.8) is 0 Å². The van der Waals surface area contributed by atoms with Gasteiger partial charge in [0.15, 0.2) is 0 Å². The van der Waals surface area contributed by atoms with Gasteiger partial charge >= 0.3 is 6.03 Å². The zero-order valence-corrected chi connectivity index (χ0v) is 17.0. The maximum Gasteiger partial charge on any atom is 0.322 e. The van der Waals surface area contributed by atoms with Crippen molar-refractivity contribution in [1.29, 1.82) is 0 Å². The van der Waals surface area contributed by atoms with Gasteiger partial charge in [0.2, 0.25) is 0 Å². The molecule has 3 N–H and O–H groups in total. The van der Waals surface area contributed by atoms with Crippen molar-refractivity contribution in [2.45, 2.75) is 13.5 Å². The summed E-state index contributed by atoms with van der Waals surface area (Å²) >= 11 is 0. The van der Waals surface area contributed by atoms with Crippen LogP contribution in [-0.4, -0.2) is 34.6 Å². The third-order valence-corrected chi connectivity index (χ3v) is 5.13. The van der Waals surface area contributed by atoms with Crippen molar-refractivity contribution in [3.8, 4) is 0 Å². The molecule has 8 heteroatoms. The van der Waals surface area contributed by atoms with E-state index in [9.17, 15) is 9.59 Å². The highest BCUT2D eigenvalue weighted by atomic mass is 16.2. The maximum absolute atomic E-state index is 12.7. The minimum atomic E-state index is -0.202. The Bertz CT molecular complexity index is 1070. The number of aryl methyl sites for hydroxylation is 2. The Morgan fingerprint density at radius 2 is 1.93 bits per heavy atom. The molecule has 1 fully saturated rings. The number of anilines is 3. The fourth-order valence-electron chi connectivity index (χ4n) is 3.37. The highest BCUT2D eigenvalue weighted by Crippen LogP contribution is 2.26. The zero-order chi connectivity index (χ0) is 21.1. The van der Waals surface area contributed by atoms with Crippen LogP contribution in [0.5, 0.6) is 0 Å². The first-order valence-electron chi connectivity index (χ1n) is 9.79. The molecule has 0 radical (unpaired) electrons. The molecule has 1 aliphatic rings. The van der Waals surface area contributed by atoms with E-state index in [0.717, 1.165) is 22.8 Å². The van der Waals surface area contributed by atoms with Gasteiger partial charge in [0, 0.05) is 49.5 Å². The molecule has 0 spiro atoms. The topological polar surface area (TPSA) is 91.3 Å². The Labute approximate surface area is 174 Å². The summed E-state index contributed by atoms with van der Waals surface area (Å²) < 4.78 is 1.95. The monoisotopic (exact) mass is 404 g/mol. The average molecular weight is 404 g/mol. The highest BCUT2D eigenvalue weighted by molar-refractivity contribution is 6.05. The Morgan fingerprint density at radius 3 is 2.60 bits per heavy atom. The van der Waals surface area contributed by atoms with Gasteiger partial charge in [0.1, 0.15) is 5.82 Å². The fourth-order valence-corrected chi connectivity index (χ4v) is 3.37. The molecule has 0 atom stereocenters. The summed E-state index contributed by atoms with van der Waals surface area (Å²) in [5.74, 6) is 0.727. The molecule has 1 saturated heterocycles. The molecule has 2 heterocycles. The van der Waals surface area contributed by atoms with E-state index in [1.165, 1.54) is 0 Å². The van der Waals surface area contributed by atoms with Gasteiger partial charge in [-0.1, -0.05) is 6.07 Å². The number of urea groups is 1. The van der Waals surface area contributed by atoms with Crippen LogP contribution < -0.4 is 20.9 Å². The third kappa shape index (κ3) is 4.12. The number of amides is 3. The lowest BCUT2D eigenvalue weighted by atomic mass is 10.1. The van der Waals surface area contributed by atoms with Gasteiger partial charge in [-0.2, -0.15) is 0 Å². The summed E-state index contributed by atoms with van der Waals surface area (Å²) in [5.41, 5.74) is 3.90. The molecule has 154 valence electrons. The van der Waals surface area contributed by atoms with Crippen molar-refractivity contribution in [1.82, 2.24) is 14.9 Å². The highest BCUT2D eigenvalue weighted by Gasteiger charge is 2.23. The summed E-state index contributed by atoms with van der Waals surface area (Å²) in [6.45, 7) is 3.79. The number of carbonyl (C=O) groups is 2. The number of hydrogen-bond donors (Lipinski definition) is 3. The normalized spacial score (nSPS) is 13.3. The first kappa shape index (κ1) is 19.5. The summed E-state index contributed by atoms with van der Waals surface area (Å²) in [6, 6.07) is 12.8. The molecule has 1 aliphatic heterocycles. The quantitative estimate of drug-likeness (QED) is 0.589. The largest absolute Gasteiger partial charge is 0.378 e. The minimum Gasteiger partial charge on any atom is -0.378 e. The zero-order valence-electron chi connectivity index (χ0n) is 17.0. The fraction of sp³-hybridized carbons (Fsp3) is 0.227. The Morgan fingerprint density at radius 1 is 1.17 bits per heavy atom. The lowest BCUT2D eigenvalue weighted by molar-refractivity contribution is 0.102. The summed E-state index contributed by atoms with van der Waals surface area (Å²) in [5, 5.41) is 9.01. The van der Waals surface area contributed by atoms with Crippen LogP contribution in [0.2, 0.25) is 0 Å². The molecule has 0 saturated carbocycles. The number of nitrogens with zero attached hydrogens (tertiary/aromatic N) is 3. The molecule has 0 aliphatic carbocycles. The number of nitrogens with one attached hydrogen (secondary N) is 3. The van der Waals surface area contributed by atoms with E-state index in [-0.39, 0.29) is 11.9 Å². The van der Waals surface area contributed by atoms with E-state index in [1.54, 1.807) is 23.2 Å². The summed E-state index contributed by atoms with van der Waals surface area (Å²) in [6.07, 6.45) is 3.66. The van der Waals surface area contributed by atoms with Gasteiger partial charge in [-0.3, -0.25) is 9.69 Å². The van der Waals surface area contributed by atoms with E-state index >= 15 is 0 Å². The predicted octanol–water partition coefficient (Wildman–Crippen LogP) is 3.12. The van der Waals surface area contributed by atoms with Crippen LogP contribution in [0.1, 0.15) is 21.7 Å². The molecule has 30 heavy (non-hydrogen) atoms. The average Bonchev–Trinajstić information content (AvgIpc) is 3.36. The SMILES string of the molecule is Cc1ccc(NC(=O)c2ccc(NCc3nccn3C)cc2)cc1N1CCNC1=O. The van der Waals surface area contributed by atoms with Gasteiger partial charge in [-0.05, 0) is 48.9 Å². The Kier molecular flexibility index (Phi) is 5.38. The van der Waals surface area contributed by atoms with Crippen molar-refractivity contribution in [2.75, 3.05) is 28.6 Å². The number of benzene rings is 2. The third-order valence-electron chi connectivity index (χ3n) is 5.13. The van der Waals surface area contributed by atoms with Crippen molar-refractivity contribution < 1.29 is 9.59 Å². The van der Waals surface area contributed by atoms with Crippen molar-refractivity contribution in [2.24, 2.45) is 7.05 Å². The van der Waals surface area contributed by atoms with E-state index in [1.807, 2.05) is 55.1 Å². The molecular formula is C22H24N6O2. The van der Waals surface area contributed by atoms with Crippen molar-refractivity contribution >= 4 is 29.0 Å². The van der Waals surface area contributed by atoms with Crippen LogP contribution in [0.3, 0.4) is 0 Å². The Hall–Kier alpha value is -3.81. The van der Waals surface area contributed by atoms with Crippen LogP contribution in [0.25, 0.3) is 0 Å². The van der Waals surface area contributed by atoms with Crippen LogP contribution in [0, 0.1) is 6.92 Å². The molecule has 3 aromatic rings. The number of imidazole rings is 1. The van der Waals surface area contributed by atoms with E-state index < -0.39 is 0 Å². The van der Waals surface area contributed by atoms with Gasteiger partial charge in [0.25, 0.3) is 5.91 Å². The molecule has 2 aromatic carbocycles. The minimum absolute atomic E-state index is 0.116. The predicted molar refractivity (Wildman–Crippen MR) is 117 cm³/mol. The van der Waals surface area contributed by atoms with Crippen LogP contribution in [-0.2, 0) is 13.6 Å². The van der Waals surface area contributed by atoms with Crippen LogP contribution >= 0.6 is 0 Å². The van der Waals surface area contributed by atoms with Crippen LogP contribution in [0.15, 0.2) is 54.9 Å². The number of hydrogen-bond acceptors (Lipinski definition) is 4. The second kappa shape index (κ2) is 8.28. The van der Waals surface area contributed by atoms with E-state index in [2.05, 4.69) is 20.9 Å². The molecule has 4 rings (SSSR count). The van der Waals surface area contributed by atoms with Gasteiger partial charge in [-0.15, -0.1) is 0 Å². The molecule has 8 nitrogen and oxygen atoms in total. The number of aromatic nitrogens is 2. The second-order valence-corrected chi connectivity index (χ2v) is 7.22. The molecule has 0 bridgehead atoms. The standard InChI is InChI=1S/C22H24N6O2/c1-15-3-6-18(13-19(15)28-12-10-24-22(28)30)26-21(29)16-4-7-17(8-5-16)25-14-20-23-9-11-27(20)2/h3-9,11,13,25H,10,12,14H2,1-2H3,(H,24,30)(H,26,29). The lowest BCUT2D eigenvalue weighted by Crippen LogP contribution is -2.28. The number of carbonyl (C=O) groups excluding carboxylic acids is 2. The van der Waals surface area contributed by atoms with Crippen LogP contribution in [0.4, 0.5) is 21.9 Å². The maximum atomic E-state index is 12.7. The van der Waals surface area contributed by atoms with Gasteiger partial charge in [-0.25, -0.2) is 9.78 Å². The van der Waals surface area contributed by atoms with Gasteiger partial charge < -0.3 is 20.5 Å². The summed E-state index contributed by atoms with van der Waals surface area (Å²) in [4.78, 5) is 30.6. The lowest BCUT2D eigenvalue weighted by Gasteiger charge is -2.18. The van der Waals surface area contributed by atoms with Crippen molar-refractivity contribution in [3.05, 3.63) is 71.8 Å². The first-order valence-corrected chi connectivity index (χ1v) is 9.79. The smallest absolute Gasteiger partial charge is 0.322 e. The molecule has 3 amide bonds. The Balaban J connectivity index is 1.41. The summed E-state index contributed by atoms with van der Waals surface area (Å²) in [7, 11) is 1.95.